The van der Waals surface area contributed by atoms with E-state index in [9.17, 15) is 22.4 Å². The van der Waals surface area contributed by atoms with E-state index in [0.29, 0.717) is 0 Å². The van der Waals surface area contributed by atoms with Crippen molar-refractivity contribution >= 4 is 21.9 Å². The first kappa shape index (κ1) is 14.7. The first-order chi connectivity index (χ1) is 8.23. The lowest BCUT2D eigenvalue weighted by molar-refractivity contribution is -0.276. The van der Waals surface area contributed by atoms with E-state index in [2.05, 4.69) is 25.7 Å². The smallest absolute Gasteiger partial charge is 0.481 e. The topological polar surface area (TPSA) is 59.4 Å². The van der Waals surface area contributed by atoms with Crippen LogP contribution in [-0.2, 0) is 16.5 Å². The Morgan fingerprint density at radius 1 is 1.50 bits per heavy atom. The number of aliphatic carboxylic acids is 1. The predicted octanol–water partition coefficient (Wildman–Crippen LogP) is 2.64. The minimum Gasteiger partial charge on any atom is -0.481 e. The third-order valence-corrected chi connectivity index (χ3v) is 2.30. The predicted molar refractivity (Wildman–Crippen MR) is 54.8 cm³/mol. The molecule has 1 heterocycles. The molecular weight excluding hydrogens is 326 g/mol. The van der Waals surface area contributed by atoms with Crippen LogP contribution in [0.15, 0.2) is 6.07 Å². The van der Waals surface area contributed by atoms with Gasteiger partial charge < -0.3 is 9.84 Å². The minimum absolute atomic E-state index is 0.0678. The van der Waals surface area contributed by atoms with Crippen molar-refractivity contribution in [2.75, 3.05) is 0 Å². The third kappa shape index (κ3) is 4.13. The third-order valence-electron chi connectivity index (χ3n) is 1.72. The van der Waals surface area contributed by atoms with Crippen molar-refractivity contribution in [3.05, 3.63) is 23.3 Å². The fourth-order valence-corrected chi connectivity index (χ4v) is 1.45. The van der Waals surface area contributed by atoms with Gasteiger partial charge in [0.05, 0.1) is 17.8 Å². The van der Waals surface area contributed by atoms with Gasteiger partial charge in [-0.2, -0.15) is 0 Å². The van der Waals surface area contributed by atoms with Gasteiger partial charge in [-0.1, -0.05) is 15.9 Å². The zero-order valence-electron chi connectivity index (χ0n) is 8.59. The molecule has 0 amide bonds. The Bertz CT molecular complexity index is 464. The molecule has 0 spiro atoms. The molecule has 1 aromatic rings. The quantitative estimate of drug-likeness (QED) is 0.680. The number of ether oxygens (including phenoxy) is 1. The first-order valence-electron chi connectivity index (χ1n) is 4.44. The summed E-state index contributed by atoms with van der Waals surface area (Å²) in [4.78, 5) is 14.1. The molecule has 0 saturated heterocycles. The van der Waals surface area contributed by atoms with E-state index in [-0.39, 0.29) is 11.0 Å². The largest absolute Gasteiger partial charge is 0.573 e. The number of rotatable bonds is 4. The lowest BCUT2D eigenvalue weighted by Gasteiger charge is -2.13. The summed E-state index contributed by atoms with van der Waals surface area (Å²) in [6, 6.07) is 0.737. The Hall–Kier alpha value is -1.38. The molecule has 1 rings (SSSR count). The van der Waals surface area contributed by atoms with Crippen LogP contribution in [0, 0.1) is 5.82 Å². The molecule has 0 atom stereocenters. The van der Waals surface area contributed by atoms with Crippen LogP contribution < -0.4 is 4.74 Å². The van der Waals surface area contributed by atoms with Crippen LogP contribution in [0.5, 0.6) is 5.75 Å². The average molecular weight is 332 g/mol. The number of carboxylic acids is 1. The number of hydrogen-bond donors (Lipinski definition) is 1. The van der Waals surface area contributed by atoms with Crippen LogP contribution in [0.4, 0.5) is 17.6 Å². The number of pyridine rings is 1. The van der Waals surface area contributed by atoms with Gasteiger partial charge in [0.2, 0.25) is 0 Å². The Morgan fingerprint density at radius 2 is 2.11 bits per heavy atom. The van der Waals surface area contributed by atoms with Crippen LogP contribution in [-0.4, -0.2) is 22.4 Å². The molecule has 0 unspecified atom stereocenters. The van der Waals surface area contributed by atoms with Gasteiger partial charge in [0, 0.05) is 11.4 Å². The van der Waals surface area contributed by atoms with Gasteiger partial charge in [-0.05, 0) is 0 Å². The van der Waals surface area contributed by atoms with Crippen molar-refractivity contribution in [1.29, 1.82) is 0 Å². The molecule has 0 aliphatic rings. The maximum Gasteiger partial charge on any atom is 0.573 e. The summed E-state index contributed by atoms with van der Waals surface area (Å²) in [6.45, 7) is 0. The van der Waals surface area contributed by atoms with E-state index in [1.807, 2.05) is 0 Å². The molecule has 9 heteroatoms. The summed E-state index contributed by atoms with van der Waals surface area (Å²) in [5.41, 5.74) is -0.549. The van der Waals surface area contributed by atoms with Crippen LogP contribution in [0.1, 0.15) is 11.4 Å². The number of halogens is 5. The van der Waals surface area contributed by atoms with Crippen molar-refractivity contribution < 1.29 is 32.2 Å². The molecule has 0 aromatic carbocycles. The SMILES string of the molecule is O=C(O)Cc1nc(CBr)cc(F)c1OC(F)(F)F. The van der Waals surface area contributed by atoms with E-state index < -0.39 is 36.0 Å². The van der Waals surface area contributed by atoms with E-state index >= 15 is 0 Å². The second-order valence-electron chi connectivity index (χ2n) is 3.12. The van der Waals surface area contributed by atoms with Gasteiger partial charge in [-0.15, -0.1) is 13.2 Å². The van der Waals surface area contributed by atoms with E-state index in [0.717, 1.165) is 6.07 Å². The molecule has 0 aliphatic heterocycles. The molecule has 0 bridgehead atoms. The van der Waals surface area contributed by atoms with Crippen molar-refractivity contribution in [2.45, 2.75) is 18.1 Å². The lowest BCUT2D eigenvalue weighted by atomic mass is 10.2. The first-order valence-corrected chi connectivity index (χ1v) is 5.57. The molecule has 4 nitrogen and oxygen atoms in total. The number of aromatic nitrogens is 1. The summed E-state index contributed by atoms with van der Waals surface area (Å²) in [5, 5.41) is 8.61. The Labute approximate surface area is 107 Å². The summed E-state index contributed by atoms with van der Waals surface area (Å²) in [7, 11) is 0. The van der Waals surface area contributed by atoms with Gasteiger partial charge in [-0.3, -0.25) is 9.78 Å². The molecule has 0 aliphatic carbocycles. The number of nitrogens with zero attached hydrogens (tertiary/aromatic N) is 1. The highest BCUT2D eigenvalue weighted by atomic mass is 79.9. The number of hydrogen-bond acceptors (Lipinski definition) is 3. The summed E-state index contributed by atoms with van der Waals surface area (Å²) < 4.78 is 53.0. The van der Waals surface area contributed by atoms with Crippen molar-refractivity contribution in [3.8, 4) is 5.75 Å². The van der Waals surface area contributed by atoms with Gasteiger partial charge in [0.15, 0.2) is 11.6 Å². The van der Waals surface area contributed by atoms with Gasteiger partial charge >= 0.3 is 12.3 Å². The maximum absolute atomic E-state index is 13.4. The molecule has 18 heavy (non-hydrogen) atoms. The highest BCUT2D eigenvalue weighted by molar-refractivity contribution is 9.08. The van der Waals surface area contributed by atoms with Crippen LogP contribution >= 0.6 is 15.9 Å². The summed E-state index contributed by atoms with van der Waals surface area (Å²) >= 11 is 2.94. The van der Waals surface area contributed by atoms with Crippen LogP contribution in [0.2, 0.25) is 0 Å². The van der Waals surface area contributed by atoms with Gasteiger partial charge in [-0.25, -0.2) is 4.39 Å². The van der Waals surface area contributed by atoms with E-state index in [4.69, 9.17) is 5.11 Å². The summed E-state index contributed by atoms with van der Waals surface area (Å²) in [5.74, 6) is -3.97. The van der Waals surface area contributed by atoms with E-state index in [1.54, 1.807) is 0 Å². The molecular formula is C9H6BrF4NO3. The number of carbonyl (C=O) groups is 1. The lowest BCUT2D eigenvalue weighted by Crippen LogP contribution is -2.20. The molecule has 0 fully saturated rings. The van der Waals surface area contributed by atoms with Crippen LogP contribution in [0.25, 0.3) is 0 Å². The van der Waals surface area contributed by atoms with Crippen molar-refractivity contribution in [3.63, 3.8) is 0 Å². The standard InChI is InChI=1S/C9H6BrF4NO3/c10-3-4-1-5(11)8(18-9(12,13)14)6(15-4)2-7(16)17/h1H,2-3H2,(H,16,17). The van der Waals surface area contributed by atoms with Crippen molar-refractivity contribution in [1.82, 2.24) is 4.98 Å². The molecule has 1 N–H and O–H groups in total. The zero-order valence-corrected chi connectivity index (χ0v) is 10.2. The highest BCUT2D eigenvalue weighted by Gasteiger charge is 2.34. The maximum atomic E-state index is 13.4. The average Bonchev–Trinajstić information content (AvgIpc) is 2.20. The number of carboxylic acid groups (broad SMARTS) is 1. The second kappa shape index (κ2) is 5.51. The Kier molecular flexibility index (Phi) is 4.49. The minimum atomic E-state index is -5.12. The second-order valence-corrected chi connectivity index (χ2v) is 3.68. The highest BCUT2D eigenvalue weighted by Crippen LogP contribution is 2.29. The molecule has 100 valence electrons. The zero-order chi connectivity index (χ0) is 13.9. The Balaban J connectivity index is 3.24. The van der Waals surface area contributed by atoms with Crippen molar-refractivity contribution in [2.24, 2.45) is 0 Å². The monoisotopic (exact) mass is 331 g/mol. The fraction of sp³-hybridized carbons (Fsp3) is 0.333. The van der Waals surface area contributed by atoms with Gasteiger partial charge in [0.25, 0.3) is 0 Å². The molecule has 0 saturated carbocycles. The Morgan fingerprint density at radius 3 is 2.56 bits per heavy atom. The van der Waals surface area contributed by atoms with E-state index in [1.165, 1.54) is 0 Å². The van der Waals surface area contributed by atoms with Crippen LogP contribution in [0.3, 0.4) is 0 Å². The van der Waals surface area contributed by atoms with Gasteiger partial charge in [0.1, 0.15) is 0 Å². The number of alkyl halides is 4. The molecule has 1 aromatic heterocycles. The normalized spacial score (nSPS) is 11.4. The summed E-state index contributed by atoms with van der Waals surface area (Å²) in [6.07, 6.45) is -5.99. The molecule has 0 radical (unpaired) electrons. The fourth-order valence-electron chi connectivity index (χ4n) is 1.16.